The summed E-state index contributed by atoms with van der Waals surface area (Å²) in [5, 5.41) is 31.8. The molecule has 214 valence electrons. The topological polar surface area (TPSA) is 115 Å². The van der Waals surface area contributed by atoms with Crippen LogP contribution < -0.4 is 4.73 Å². The Morgan fingerprint density at radius 3 is 2.41 bits per heavy atom. The number of alkyl halides is 4. The van der Waals surface area contributed by atoms with E-state index in [1.807, 2.05) is 0 Å². The molecule has 0 radical (unpaired) electrons. The Labute approximate surface area is 236 Å². The lowest BCUT2D eigenvalue weighted by Gasteiger charge is -2.18. The van der Waals surface area contributed by atoms with Crippen LogP contribution in [0.1, 0.15) is 24.7 Å². The van der Waals surface area contributed by atoms with Crippen molar-refractivity contribution in [2.45, 2.75) is 25.6 Å². The number of hydrogen-bond acceptors (Lipinski definition) is 7. The smallest absolute Gasteiger partial charge is 0.345 e. The second-order valence-electron chi connectivity index (χ2n) is 8.42. The third kappa shape index (κ3) is 5.98. The molecule has 1 atom stereocenters. The lowest BCUT2D eigenvalue weighted by atomic mass is 10.0. The number of aromatic nitrogens is 9. The van der Waals surface area contributed by atoms with E-state index >= 15 is 4.39 Å². The van der Waals surface area contributed by atoms with Crippen molar-refractivity contribution in [1.82, 2.24) is 39.8 Å². The van der Waals surface area contributed by atoms with Crippen LogP contribution in [0.15, 0.2) is 55.2 Å². The van der Waals surface area contributed by atoms with Gasteiger partial charge in [0.25, 0.3) is 0 Å². The van der Waals surface area contributed by atoms with Crippen molar-refractivity contribution in [2.24, 2.45) is 0 Å². The Kier molecular flexibility index (Phi) is 8.14. The molecule has 11 nitrogen and oxygen atoms in total. The summed E-state index contributed by atoms with van der Waals surface area (Å²) >= 11 is 11.9. The lowest BCUT2D eigenvalue weighted by molar-refractivity contribution is -0.615. The zero-order chi connectivity index (χ0) is 29.3. The van der Waals surface area contributed by atoms with Gasteiger partial charge >= 0.3 is 13.2 Å². The van der Waals surface area contributed by atoms with Crippen molar-refractivity contribution in [2.75, 3.05) is 6.61 Å². The summed E-state index contributed by atoms with van der Waals surface area (Å²) in [4.78, 5) is 0. The van der Waals surface area contributed by atoms with E-state index in [-0.39, 0.29) is 50.4 Å². The SMILES string of the molecule is [O-][n+]1cc(-c2c(-n3cc(Cl)nn3)ccc(Cl)c2F)ccc1[C@H](CCOC(F)F)n1cc(-c2cn(C(F)F)nn2)cn1. The minimum absolute atomic E-state index is 0.0327. The highest BCUT2D eigenvalue weighted by Gasteiger charge is 2.26. The van der Waals surface area contributed by atoms with Gasteiger partial charge in [0.15, 0.2) is 17.2 Å². The number of hydrogen-bond donors (Lipinski definition) is 0. The number of nitrogens with zero attached hydrogens (tertiary/aromatic N) is 9. The van der Waals surface area contributed by atoms with Gasteiger partial charge < -0.3 is 9.94 Å². The van der Waals surface area contributed by atoms with Crippen molar-refractivity contribution in [3.8, 4) is 28.1 Å². The van der Waals surface area contributed by atoms with Crippen LogP contribution in [0.3, 0.4) is 0 Å². The second-order valence-corrected chi connectivity index (χ2v) is 9.21. The van der Waals surface area contributed by atoms with Gasteiger partial charge in [-0.25, -0.2) is 9.07 Å². The van der Waals surface area contributed by atoms with Gasteiger partial charge in [-0.05, 0) is 18.2 Å². The highest BCUT2D eigenvalue weighted by Crippen LogP contribution is 2.34. The number of ether oxygens (including phenoxy) is 1. The minimum atomic E-state index is -3.05. The van der Waals surface area contributed by atoms with Gasteiger partial charge in [0, 0.05) is 24.2 Å². The number of benzene rings is 1. The summed E-state index contributed by atoms with van der Waals surface area (Å²) in [6.07, 6.45) is 5.96. The van der Waals surface area contributed by atoms with E-state index < -0.39 is 31.6 Å². The van der Waals surface area contributed by atoms with Crippen molar-refractivity contribution in [3.05, 3.63) is 82.1 Å². The van der Waals surface area contributed by atoms with Gasteiger partial charge in [-0.15, -0.1) is 10.2 Å². The summed E-state index contributed by atoms with van der Waals surface area (Å²) in [6.45, 7) is -6.42. The summed E-state index contributed by atoms with van der Waals surface area (Å²) in [6, 6.07) is 4.60. The molecule has 4 aromatic heterocycles. The molecule has 4 heterocycles. The normalized spacial score (nSPS) is 12.5. The molecular weight excluding hydrogens is 600 g/mol. The van der Waals surface area contributed by atoms with Crippen LogP contribution >= 0.6 is 23.2 Å². The first-order valence-electron chi connectivity index (χ1n) is 11.6. The first-order valence-corrected chi connectivity index (χ1v) is 12.3. The molecule has 5 rings (SSSR count). The molecular formula is C23H16Cl2F5N9O2. The van der Waals surface area contributed by atoms with Crippen molar-refractivity contribution >= 4 is 23.2 Å². The second kappa shape index (κ2) is 11.8. The van der Waals surface area contributed by atoms with Crippen LogP contribution in [0.4, 0.5) is 22.0 Å². The van der Waals surface area contributed by atoms with E-state index in [2.05, 4.69) is 30.5 Å². The van der Waals surface area contributed by atoms with Gasteiger partial charge in [-0.1, -0.05) is 33.6 Å². The summed E-state index contributed by atoms with van der Waals surface area (Å²) < 4.78 is 74.1. The molecule has 0 aliphatic heterocycles. The van der Waals surface area contributed by atoms with Crippen LogP contribution in [-0.2, 0) is 4.74 Å². The highest BCUT2D eigenvalue weighted by molar-refractivity contribution is 6.31. The Bertz CT molecular complexity index is 1680. The van der Waals surface area contributed by atoms with Crippen molar-refractivity contribution in [1.29, 1.82) is 0 Å². The molecule has 0 N–H and O–H groups in total. The minimum Gasteiger partial charge on any atom is -0.618 e. The van der Waals surface area contributed by atoms with E-state index in [1.165, 1.54) is 52.2 Å². The maximum Gasteiger partial charge on any atom is 0.345 e. The zero-order valence-electron chi connectivity index (χ0n) is 20.3. The van der Waals surface area contributed by atoms with E-state index in [0.29, 0.717) is 9.41 Å². The molecule has 41 heavy (non-hydrogen) atoms. The van der Waals surface area contributed by atoms with Crippen LogP contribution in [-0.4, -0.2) is 53.0 Å². The van der Waals surface area contributed by atoms with Gasteiger partial charge in [-0.3, -0.25) is 4.68 Å². The number of halogens is 7. The van der Waals surface area contributed by atoms with E-state index in [4.69, 9.17) is 23.2 Å². The summed E-state index contributed by atoms with van der Waals surface area (Å²) in [5.41, 5.74) is 0.610. The Morgan fingerprint density at radius 1 is 0.951 bits per heavy atom. The molecule has 0 saturated heterocycles. The predicted octanol–water partition coefficient (Wildman–Crippen LogP) is 5.08. The maximum absolute atomic E-state index is 15.3. The maximum atomic E-state index is 15.3. The Balaban J connectivity index is 1.53. The lowest BCUT2D eigenvalue weighted by Crippen LogP contribution is -2.36. The van der Waals surface area contributed by atoms with E-state index in [1.54, 1.807) is 0 Å². The molecule has 0 saturated carbocycles. The number of rotatable bonds is 10. The molecule has 0 spiro atoms. The Hall–Kier alpha value is -4.15. The molecule has 5 aromatic rings. The molecule has 0 amide bonds. The first-order chi connectivity index (χ1) is 19.6. The van der Waals surface area contributed by atoms with Crippen molar-refractivity contribution < 1.29 is 31.4 Å². The first kappa shape index (κ1) is 28.4. The zero-order valence-corrected chi connectivity index (χ0v) is 21.8. The van der Waals surface area contributed by atoms with E-state index in [0.717, 1.165) is 12.4 Å². The van der Waals surface area contributed by atoms with Crippen LogP contribution in [0, 0.1) is 11.0 Å². The van der Waals surface area contributed by atoms with E-state index in [9.17, 15) is 22.8 Å². The van der Waals surface area contributed by atoms with Crippen LogP contribution in [0.5, 0.6) is 0 Å². The van der Waals surface area contributed by atoms with Crippen molar-refractivity contribution in [3.63, 3.8) is 0 Å². The van der Waals surface area contributed by atoms with Gasteiger partial charge in [0.05, 0.1) is 47.0 Å². The standard InChI is InChI=1S/C23H16Cl2F5N9O2/c24-14-2-4-18(37-11-19(25)33-35-37)20(21(14)26)12-1-3-17(39(40)9-12)16(5-6-41-23(29)30)36-8-13(7-31-36)15-10-38(22(27)28)34-32-15/h1-4,7-11,16,22-23H,5-6H2/t16-/m0/s1. The van der Waals surface area contributed by atoms with Crippen LogP contribution in [0.2, 0.25) is 10.2 Å². The quantitative estimate of drug-likeness (QED) is 0.122. The molecule has 0 fully saturated rings. The van der Waals surface area contributed by atoms with Crippen LogP contribution in [0.25, 0.3) is 28.1 Å². The fraction of sp³-hybridized carbons (Fsp3) is 0.217. The molecule has 0 unspecified atom stereocenters. The van der Waals surface area contributed by atoms with Gasteiger partial charge in [-0.2, -0.15) is 32.1 Å². The molecule has 0 aliphatic rings. The highest BCUT2D eigenvalue weighted by atomic mass is 35.5. The average molecular weight is 616 g/mol. The molecule has 1 aromatic carbocycles. The molecule has 18 heteroatoms. The summed E-state index contributed by atoms with van der Waals surface area (Å²) in [7, 11) is 0. The third-order valence-electron chi connectivity index (χ3n) is 5.92. The number of pyridine rings is 1. The monoisotopic (exact) mass is 615 g/mol. The molecule has 0 bridgehead atoms. The average Bonchev–Trinajstić information content (AvgIpc) is 3.69. The predicted molar refractivity (Wildman–Crippen MR) is 133 cm³/mol. The fourth-order valence-corrected chi connectivity index (χ4v) is 4.38. The summed E-state index contributed by atoms with van der Waals surface area (Å²) in [5.74, 6) is -0.834. The fourth-order valence-electron chi connectivity index (χ4n) is 4.10. The van der Waals surface area contributed by atoms with Gasteiger partial charge in [0.2, 0.25) is 5.69 Å². The third-order valence-corrected chi connectivity index (χ3v) is 6.39. The van der Waals surface area contributed by atoms with Gasteiger partial charge in [0.1, 0.15) is 11.7 Å². The molecule has 0 aliphatic carbocycles. The largest absolute Gasteiger partial charge is 0.618 e. The Morgan fingerprint density at radius 2 is 1.76 bits per heavy atom.